The minimum absolute atomic E-state index is 0.0901. The van der Waals surface area contributed by atoms with Gasteiger partial charge in [-0.05, 0) is 39.3 Å². The van der Waals surface area contributed by atoms with Gasteiger partial charge in [0.15, 0.2) is 0 Å². The van der Waals surface area contributed by atoms with Gasteiger partial charge < -0.3 is 15.2 Å². The van der Waals surface area contributed by atoms with Crippen molar-refractivity contribution < 1.29 is 0 Å². The number of H-pyrrole nitrogens is 1. The molecule has 1 aliphatic heterocycles. The fourth-order valence-corrected chi connectivity index (χ4v) is 2.91. The van der Waals surface area contributed by atoms with Crippen molar-refractivity contribution >= 4 is 16.7 Å². The van der Waals surface area contributed by atoms with Gasteiger partial charge in [0.2, 0.25) is 5.56 Å². The highest BCUT2D eigenvalue weighted by molar-refractivity contribution is 5.80. The van der Waals surface area contributed by atoms with E-state index in [1.54, 1.807) is 12.3 Å². The Bertz CT molecular complexity index is 701. The molecule has 2 aromatic heterocycles. The Morgan fingerprint density at radius 1 is 1.38 bits per heavy atom. The van der Waals surface area contributed by atoms with E-state index in [1.807, 2.05) is 12.1 Å². The van der Waals surface area contributed by atoms with Crippen LogP contribution in [0.5, 0.6) is 0 Å². The topological polar surface area (TPSA) is 61.0 Å². The summed E-state index contributed by atoms with van der Waals surface area (Å²) in [4.78, 5) is 20.9. The normalized spacial score (nSPS) is 19.4. The summed E-state index contributed by atoms with van der Waals surface area (Å²) in [6, 6.07) is 5.95. The summed E-state index contributed by atoms with van der Waals surface area (Å²) >= 11 is 0. The van der Waals surface area contributed by atoms with Crippen molar-refractivity contribution in [3.8, 4) is 0 Å². The summed E-state index contributed by atoms with van der Waals surface area (Å²) in [5.74, 6) is 0.979. The van der Waals surface area contributed by atoms with E-state index in [4.69, 9.17) is 0 Å². The van der Waals surface area contributed by atoms with E-state index in [0.717, 1.165) is 36.2 Å². The molecular weight excluding hydrogens is 264 g/mol. The number of rotatable bonds is 2. The molecule has 5 nitrogen and oxygen atoms in total. The molecule has 0 unspecified atom stereocenters. The van der Waals surface area contributed by atoms with Crippen molar-refractivity contribution in [3.05, 3.63) is 34.7 Å². The van der Waals surface area contributed by atoms with E-state index in [2.05, 4.69) is 41.0 Å². The van der Waals surface area contributed by atoms with Crippen LogP contribution >= 0.6 is 0 Å². The first kappa shape index (κ1) is 14.1. The Hall–Kier alpha value is -1.88. The molecule has 3 heterocycles. The Morgan fingerprint density at radius 2 is 2.19 bits per heavy atom. The van der Waals surface area contributed by atoms with Crippen LogP contribution in [0, 0.1) is 0 Å². The first-order chi connectivity index (χ1) is 9.90. The molecule has 0 spiro atoms. The molecule has 1 atom stereocenters. The number of hydrogen-bond donors (Lipinski definition) is 2. The lowest BCUT2D eigenvalue weighted by molar-refractivity contribution is 0.373. The number of hydrogen-bond acceptors (Lipinski definition) is 4. The fourth-order valence-electron chi connectivity index (χ4n) is 2.91. The Kier molecular flexibility index (Phi) is 3.45. The van der Waals surface area contributed by atoms with Crippen molar-refractivity contribution in [1.82, 2.24) is 15.3 Å². The highest BCUT2D eigenvalue weighted by atomic mass is 16.1. The van der Waals surface area contributed by atoms with E-state index in [9.17, 15) is 4.79 Å². The zero-order valence-electron chi connectivity index (χ0n) is 12.8. The van der Waals surface area contributed by atoms with Gasteiger partial charge in [-0.15, -0.1) is 0 Å². The first-order valence-electron chi connectivity index (χ1n) is 7.42. The third kappa shape index (κ3) is 3.24. The summed E-state index contributed by atoms with van der Waals surface area (Å²) in [5, 5.41) is 4.67. The lowest BCUT2D eigenvalue weighted by atomic mass is 10.1. The van der Waals surface area contributed by atoms with Crippen LogP contribution in [-0.2, 0) is 0 Å². The second-order valence-electron chi connectivity index (χ2n) is 6.78. The predicted molar refractivity (Wildman–Crippen MR) is 85.9 cm³/mol. The second-order valence-corrected chi connectivity index (χ2v) is 6.78. The third-order valence-corrected chi connectivity index (χ3v) is 3.74. The number of fused-ring (bicyclic) bond motifs is 1. The summed E-state index contributed by atoms with van der Waals surface area (Å²) in [6.45, 7) is 8.57. The average molecular weight is 286 g/mol. The van der Waals surface area contributed by atoms with Crippen LogP contribution in [0.15, 0.2) is 29.2 Å². The summed E-state index contributed by atoms with van der Waals surface area (Å²) in [5.41, 5.74) is 0.833. The number of nitrogens with zero attached hydrogens (tertiary/aromatic N) is 2. The van der Waals surface area contributed by atoms with Crippen LogP contribution in [0.1, 0.15) is 27.2 Å². The molecule has 1 saturated heterocycles. The SMILES string of the molecule is CC(C)(C)N[C@H]1CCN(c2cc3ccc(=O)[nH]c3cn2)C1. The van der Waals surface area contributed by atoms with Crippen LogP contribution in [-0.4, -0.2) is 34.6 Å². The van der Waals surface area contributed by atoms with Gasteiger partial charge in [0.1, 0.15) is 5.82 Å². The lowest BCUT2D eigenvalue weighted by Crippen LogP contribution is -2.44. The molecule has 21 heavy (non-hydrogen) atoms. The fraction of sp³-hybridized carbons (Fsp3) is 0.500. The molecule has 112 valence electrons. The molecular formula is C16H22N4O. The van der Waals surface area contributed by atoms with Gasteiger partial charge in [0.05, 0.1) is 11.7 Å². The van der Waals surface area contributed by atoms with Crippen LogP contribution in [0.4, 0.5) is 5.82 Å². The van der Waals surface area contributed by atoms with Gasteiger partial charge in [-0.25, -0.2) is 4.98 Å². The summed E-state index contributed by atoms with van der Waals surface area (Å²) < 4.78 is 0. The van der Waals surface area contributed by atoms with E-state index in [1.165, 1.54) is 0 Å². The monoisotopic (exact) mass is 286 g/mol. The zero-order chi connectivity index (χ0) is 15.0. The van der Waals surface area contributed by atoms with E-state index in [-0.39, 0.29) is 11.1 Å². The molecule has 0 saturated carbocycles. The molecule has 5 heteroatoms. The van der Waals surface area contributed by atoms with Crippen LogP contribution in [0.3, 0.4) is 0 Å². The van der Waals surface area contributed by atoms with Gasteiger partial charge in [0.25, 0.3) is 0 Å². The quantitative estimate of drug-likeness (QED) is 0.885. The van der Waals surface area contributed by atoms with Crippen LogP contribution in [0.25, 0.3) is 10.9 Å². The summed E-state index contributed by atoms with van der Waals surface area (Å²) in [6.07, 6.45) is 2.87. The van der Waals surface area contributed by atoms with Gasteiger partial charge in [-0.3, -0.25) is 4.79 Å². The largest absolute Gasteiger partial charge is 0.355 e. The first-order valence-corrected chi connectivity index (χ1v) is 7.42. The highest BCUT2D eigenvalue weighted by Gasteiger charge is 2.26. The van der Waals surface area contributed by atoms with Gasteiger partial charge >= 0.3 is 0 Å². The zero-order valence-corrected chi connectivity index (χ0v) is 12.8. The van der Waals surface area contributed by atoms with Crippen LogP contribution < -0.4 is 15.8 Å². The Labute approximate surface area is 124 Å². The molecule has 0 amide bonds. The van der Waals surface area contributed by atoms with Crippen molar-refractivity contribution in [2.24, 2.45) is 0 Å². The number of aromatic amines is 1. The number of pyridine rings is 2. The van der Waals surface area contributed by atoms with Crippen LogP contribution in [0.2, 0.25) is 0 Å². The third-order valence-electron chi connectivity index (χ3n) is 3.74. The van der Waals surface area contributed by atoms with Gasteiger partial charge in [-0.2, -0.15) is 0 Å². The predicted octanol–water partition coefficient (Wildman–Crippen LogP) is 1.89. The lowest BCUT2D eigenvalue weighted by Gasteiger charge is -2.26. The smallest absolute Gasteiger partial charge is 0.248 e. The maximum absolute atomic E-state index is 11.3. The van der Waals surface area contributed by atoms with Crippen molar-refractivity contribution in [2.75, 3.05) is 18.0 Å². The van der Waals surface area contributed by atoms with E-state index in [0.29, 0.717) is 6.04 Å². The van der Waals surface area contributed by atoms with E-state index < -0.39 is 0 Å². The molecule has 1 aliphatic rings. The number of aromatic nitrogens is 2. The molecule has 3 rings (SSSR count). The summed E-state index contributed by atoms with van der Waals surface area (Å²) in [7, 11) is 0. The number of anilines is 1. The maximum atomic E-state index is 11.3. The molecule has 2 N–H and O–H groups in total. The minimum Gasteiger partial charge on any atom is -0.355 e. The Morgan fingerprint density at radius 3 is 2.95 bits per heavy atom. The number of nitrogens with one attached hydrogen (secondary N) is 2. The van der Waals surface area contributed by atoms with Gasteiger partial charge in [0, 0.05) is 36.1 Å². The standard InChI is InChI=1S/C16H22N4O/c1-16(2,3)19-12-6-7-20(10-12)14-8-11-4-5-15(21)18-13(11)9-17-14/h4-5,8-9,12,19H,6-7,10H2,1-3H3,(H,18,21)/t12-/m0/s1. The Balaban J connectivity index is 1.79. The average Bonchev–Trinajstić information content (AvgIpc) is 2.84. The molecule has 0 bridgehead atoms. The van der Waals surface area contributed by atoms with E-state index >= 15 is 0 Å². The van der Waals surface area contributed by atoms with Crippen molar-refractivity contribution in [2.45, 2.75) is 38.8 Å². The molecule has 0 radical (unpaired) electrons. The molecule has 2 aromatic rings. The van der Waals surface area contributed by atoms with Gasteiger partial charge in [-0.1, -0.05) is 0 Å². The molecule has 0 aromatic carbocycles. The van der Waals surface area contributed by atoms with Crippen molar-refractivity contribution in [1.29, 1.82) is 0 Å². The second kappa shape index (κ2) is 5.15. The molecule has 1 fully saturated rings. The minimum atomic E-state index is -0.0901. The molecule has 0 aliphatic carbocycles. The van der Waals surface area contributed by atoms with Crippen molar-refractivity contribution in [3.63, 3.8) is 0 Å². The highest BCUT2D eigenvalue weighted by Crippen LogP contribution is 2.22. The maximum Gasteiger partial charge on any atom is 0.248 e.